The maximum atomic E-state index is 14.1. The minimum absolute atomic E-state index is 0.0889. The van der Waals surface area contributed by atoms with Gasteiger partial charge in [0.2, 0.25) is 5.43 Å². The van der Waals surface area contributed by atoms with E-state index >= 15 is 0 Å². The number of aromatic nitrogens is 1. The van der Waals surface area contributed by atoms with Crippen LogP contribution in [0.15, 0.2) is 47.3 Å². The number of fused-ring (bicyclic) bond motifs is 5. The number of esters is 2. The number of aliphatic carboxylic acids is 1. The second-order valence-electron chi connectivity index (χ2n) is 10.7. The van der Waals surface area contributed by atoms with Crippen LogP contribution in [0.3, 0.4) is 0 Å². The Bertz CT molecular complexity index is 1790. The molecule has 0 amide bonds. The molecule has 0 unspecified atom stereocenters. The van der Waals surface area contributed by atoms with Crippen LogP contribution in [-0.4, -0.2) is 46.4 Å². The highest BCUT2D eigenvalue weighted by molar-refractivity contribution is 6.04. The molecule has 10 nitrogen and oxygen atoms in total. The summed E-state index contributed by atoms with van der Waals surface area (Å²) in [4.78, 5) is 50.2. The molecule has 5 rings (SSSR count). The van der Waals surface area contributed by atoms with Crippen LogP contribution >= 0.6 is 0 Å². The standard InChI is InChI=1S/C31H31NO9/c1-16(33)39-29-26-22(41-31(2,3)30(29)40-24(36)12-8-11-23(34)35)15-21(38-5)25-27(26)32(4)20-14-18-10-7-6-9-17(18)13-19(20)28(25)37/h6-7,9-10,13-15,29-30H,8,11-12H2,1-5H3,(H,34,35)/t29-,30-/m0/s1. The van der Waals surface area contributed by atoms with E-state index in [-0.39, 0.29) is 35.8 Å². The van der Waals surface area contributed by atoms with Crippen molar-refractivity contribution in [1.29, 1.82) is 0 Å². The van der Waals surface area contributed by atoms with Crippen molar-refractivity contribution in [3.63, 3.8) is 0 Å². The molecule has 1 N–H and O–H groups in total. The first-order valence-electron chi connectivity index (χ1n) is 13.3. The molecule has 0 spiro atoms. The van der Waals surface area contributed by atoms with E-state index in [2.05, 4.69) is 0 Å². The molecule has 0 fully saturated rings. The maximum absolute atomic E-state index is 14.1. The number of hydrogen-bond acceptors (Lipinski definition) is 8. The number of carboxylic acid groups (broad SMARTS) is 1. The van der Waals surface area contributed by atoms with Crippen molar-refractivity contribution in [2.75, 3.05) is 7.11 Å². The second kappa shape index (κ2) is 10.4. The smallest absolute Gasteiger partial charge is 0.306 e. The largest absolute Gasteiger partial charge is 0.496 e. The number of carbonyl (C=O) groups excluding carboxylic acids is 2. The van der Waals surface area contributed by atoms with E-state index < -0.39 is 35.7 Å². The number of carbonyl (C=O) groups is 3. The predicted molar refractivity (Wildman–Crippen MR) is 151 cm³/mol. The van der Waals surface area contributed by atoms with Gasteiger partial charge in [0.1, 0.15) is 17.1 Å². The summed E-state index contributed by atoms with van der Waals surface area (Å²) < 4.78 is 25.5. The molecule has 3 aromatic carbocycles. The molecule has 1 aromatic heterocycles. The van der Waals surface area contributed by atoms with Crippen LogP contribution in [0.4, 0.5) is 0 Å². The lowest BCUT2D eigenvalue weighted by molar-refractivity contribution is -0.189. The van der Waals surface area contributed by atoms with Crippen LogP contribution in [0.2, 0.25) is 0 Å². The molecule has 2 atom stereocenters. The van der Waals surface area contributed by atoms with Crippen molar-refractivity contribution >= 4 is 50.5 Å². The zero-order valence-corrected chi connectivity index (χ0v) is 23.5. The fraction of sp³-hybridized carbons (Fsp3) is 0.355. The van der Waals surface area contributed by atoms with Gasteiger partial charge in [0.15, 0.2) is 12.2 Å². The van der Waals surface area contributed by atoms with E-state index in [9.17, 15) is 19.2 Å². The normalized spacial score (nSPS) is 17.6. The Hall–Kier alpha value is -4.60. The lowest BCUT2D eigenvalue weighted by Crippen LogP contribution is -2.52. The zero-order chi connectivity index (χ0) is 29.6. The van der Waals surface area contributed by atoms with Crippen LogP contribution < -0.4 is 14.9 Å². The maximum Gasteiger partial charge on any atom is 0.306 e. The van der Waals surface area contributed by atoms with Crippen molar-refractivity contribution in [2.45, 2.75) is 57.8 Å². The first-order valence-corrected chi connectivity index (χ1v) is 13.3. The highest BCUT2D eigenvalue weighted by Crippen LogP contribution is 2.49. The summed E-state index contributed by atoms with van der Waals surface area (Å²) in [6.07, 6.45) is -2.48. The molecule has 1 aliphatic heterocycles. The third kappa shape index (κ3) is 4.94. The summed E-state index contributed by atoms with van der Waals surface area (Å²) in [5, 5.41) is 11.5. The predicted octanol–water partition coefficient (Wildman–Crippen LogP) is 4.80. The number of rotatable bonds is 7. The summed E-state index contributed by atoms with van der Waals surface area (Å²) in [6.45, 7) is 4.65. The fourth-order valence-corrected chi connectivity index (χ4v) is 5.61. The number of carboxylic acids is 1. The first-order chi connectivity index (χ1) is 19.4. The van der Waals surface area contributed by atoms with Crippen LogP contribution in [0, 0.1) is 0 Å². The summed E-state index contributed by atoms with van der Waals surface area (Å²) >= 11 is 0. The van der Waals surface area contributed by atoms with Gasteiger partial charge >= 0.3 is 17.9 Å². The van der Waals surface area contributed by atoms with E-state index in [1.807, 2.05) is 41.0 Å². The van der Waals surface area contributed by atoms with E-state index in [4.69, 9.17) is 24.1 Å². The van der Waals surface area contributed by atoms with Gasteiger partial charge < -0.3 is 28.6 Å². The Balaban J connectivity index is 1.78. The molecular weight excluding hydrogens is 530 g/mol. The lowest BCUT2D eigenvalue weighted by atomic mass is 9.86. The summed E-state index contributed by atoms with van der Waals surface area (Å²) in [7, 11) is 3.26. The third-order valence-corrected chi connectivity index (χ3v) is 7.46. The molecule has 41 heavy (non-hydrogen) atoms. The quantitative estimate of drug-likeness (QED) is 0.250. The monoisotopic (exact) mass is 561 g/mol. The highest BCUT2D eigenvalue weighted by atomic mass is 16.6. The average molecular weight is 562 g/mol. The molecule has 2 heterocycles. The van der Waals surface area contributed by atoms with Gasteiger partial charge in [-0.2, -0.15) is 0 Å². The van der Waals surface area contributed by atoms with Crippen molar-refractivity contribution in [1.82, 2.24) is 4.57 Å². The van der Waals surface area contributed by atoms with E-state index in [1.165, 1.54) is 14.0 Å². The van der Waals surface area contributed by atoms with Gasteiger partial charge in [-0.1, -0.05) is 24.3 Å². The first kappa shape index (κ1) is 27.9. The molecule has 0 saturated carbocycles. The topological polar surface area (TPSA) is 130 Å². The molecule has 0 bridgehead atoms. The minimum Gasteiger partial charge on any atom is -0.496 e. The van der Waals surface area contributed by atoms with Crippen LogP contribution in [0.25, 0.3) is 32.6 Å². The number of ether oxygens (including phenoxy) is 4. The summed E-state index contributed by atoms with van der Waals surface area (Å²) in [6, 6.07) is 13.1. The molecule has 10 heteroatoms. The molecule has 214 valence electrons. The number of aryl methyl sites for hydroxylation is 1. The van der Waals surface area contributed by atoms with Crippen LogP contribution in [0.1, 0.15) is 51.7 Å². The number of hydrogen-bond donors (Lipinski definition) is 1. The number of methoxy groups -OCH3 is 1. The Morgan fingerprint density at radius 3 is 2.37 bits per heavy atom. The molecule has 4 aromatic rings. The van der Waals surface area contributed by atoms with E-state index in [0.717, 1.165) is 10.8 Å². The fourth-order valence-electron chi connectivity index (χ4n) is 5.61. The number of nitrogens with zero attached hydrogens (tertiary/aromatic N) is 1. The second-order valence-corrected chi connectivity index (χ2v) is 10.7. The molecule has 0 saturated heterocycles. The highest BCUT2D eigenvalue weighted by Gasteiger charge is 2.50. The summed E-state index contributed by atoms with van der Waals surface area (Å²) in [5.74, 6) is -1.69. The number of benzene rings is 3. The van der Waals surface area contributed by atoms with Crippen molar-refractivity contribution in [2.24, 2.45) is 7.05 Å². The van der Waals surface area contributed by atoms with Gasteiger partial charge in [-0.05, 0) is 43.2 Å². The number of pyridine rings is 1. The molecule has 1 aliphatic rings. The Kier molecular flexibility index (Phi) is 7.10. The van der Waals surface area contributed by atoms with Gasteiger partial charge in [-0.25, -0.2) is 0 Å². The minimum atomic E-state index is -1.17. The van der Waals surface area contributed by atoms with Crippen molar-refractivity contribution < 1.29 is 38.4 Å². The Morgan fingerprint density at radius 1 is 1.05 bits per heavy atom. The van der Waals surface area contributed by atoms with E-state index in [0.29, 0.717) is 27.7 Å². The molecular formula is C31H31NO9. The van der Waals surface area contributed by atoms with E-state index in [1.54, 1.807) is 27.0 Å². The molecule has 0 aliphatic carbocycles. The third-order valence-electron chi connectivity index (χ3n) is 7.46. The van der Waals surface area contributed by atoms with Gasteiger partial charge in [0, 0.05) is 38.3 Å². The zero-order valence-electron chi connectivity index (χ0n) is 23.5. The van der Waals surface area contributed by atoms with Gasteiger partial charge in [0.25, 0.3) is 0 Å². The summed E-state index contributed by atoms with van der Waals surface area (Å²) in [5.41, 5.74) is -0.00766. The SMILES string of the molecule is COc1cc2c(c3c1c(=O)c1cc4ccccc4cc1n3C)[C@H](OC(C)=O)[C@H](OC(=O)CCCC(=O)O)C(C)(C)O2. The van der Waals surface area contributed by atoms with Crippen molar-refractivity contribution in [3.05, 3.63) is 58.3 Å². The average Bonchev–Trinajstić information content (AvgIpc) is 2.91. The van der Waals surface area contributed by atoms with Gasteiger partial charge in [-0.15, -0.1) is 0 Å². The van der Waals surface area contributed by atoms with Crippen molar-refractivity contribution in [3.8, 4) is 11.5 Å². The molecule has 0 radical (unpaired) electrons. The van der Waals surface area contributed by atoms with Gasteiger partial charge in [-0.3, -0.25) is 19.2 Å². The Morgan fingerprint density at radius 2 is 1.73 bits per heavy atom. The van der Waals surface area contributed by atoms with Crippen LogP contribution in [-0.2, 0) is 30.9 Å². The Labute approximate surface area is 235 Å². The lowest BCUT2D eigenvalue weighted by Gasteiger charge is -2.43. The van der Waals surface area contributed by atoms with Gasteiger partial charge in [0.05, 0.1) is 29.1 Å². The van der Waals surface area contributed by atoms with Crippen LogP contribution in [0.5, 0.6) is 11.5 Å².